The van der Waals surface area contributed by atoms with Crippen LogP contribution in [-0.4, -0.2) is 44.3 Å². The first-order valence-corrected chi connectivity index (χ1v) is 7.22. The molecule has 0 amide bonds. The molecule has 2 N–H and O–H groups in total. The molecule has 1 saturated heterocycles. The SMILES string of the molecule is CCSc1nc(=O)n([C@H]2C[C@H](O)[C@@H](CO)O2)cc1C. The number of nitrogens with zero attached hydrogens (tertiary/aromatic N) is 2. The van der Waals surface area contributed by atoms with Gasteiger partial charge in [0, 0.05) is 12.6 Å². The summed E-state index contributed by atoms with van der Waals surface area (Å²) in [6, 6.07) is 0. The van der Waals surface area contributed by atoms with Gasteiger partial charge in [-0.25, -0.2) is 4.79 Å². The standard InChI is InChI=1S/C12H18N2O4S/c1-3-19-11-7(2)5-14(12(17)13-11)10-4-8(16)9(6-15)18-10/h5,8-10,15-16H,3-4,6H2,1-2H3/t8-,9+,10+/m0/s1. The number of hydrogen-bond donors (Lipinski definition) is 2. The molecule has 0 spiro atoms. The van der Waals surface area contributed by atoms with E-state index >= 15 is 0 Å². The van der Waals surface area contributed by atoms with E-state index in [9.17, 15) is 9.90 Å². The zero-order valence-corrected chi connectivity index (χ0v) is 11.8. The highest BCUT2D eigenvalue weighted by molar-refractivity contribution is 7.99. The van der Waals surface area contributed by atoms with Gasteiger partial charge >= 0.3 is 5.69 Å². The molecule has 2 heterocycles. The smallest absolute Gasteiger partial charge is 0.350 e. The van der Waals surface area contributed by atoms with Crippen molar-refractivity contribution >= 4 is 11.8 Å². The fourth-order valence-corrected chi connectivity index (χ4v) is 2.79. The molecule has 1 aromatic rings. The topological polar surface area (TPSA) is 84.6 Å². The Morgan fingerprint density at radius 1 is 1.63 bits per heavy atom. The molecule has 19 heavy (non-hydrogen) atoms. The van der Waals surface area contributed by atoms with Gasteiger partial charge in [0.15, 0.2) is 0 Å². The van der Waals surface area contributed by atoms with Crippen LogP contribution in [0.3, 0.4) is 0 Å². The molecule has 6 nitrogen and oxygen atoms in total. The van der Waals surface area contributed by atoms with Crippen molar-refractivity contribution in [2.45, 2.75) is 43.7 Å². The minimum atomic E-state index is -0.758. The first-order chi connectivity index (χ1) is 9.06. The van der Waals surface area contributed by atoms with Gasteiger partial charge in [-0.05, 0) is 18.2 Å². The van der Waals surface area contributed by atoms with Crippen molar-refractivity contribution in [3.8, 4) is 0 Å². The molecule has 1 aliphatic heterocycles. The van der Waals surface area contributed by atoms with Gasteiger partial charge in [-0.2, -0.15) is 4.98 Å². The van der Waals surface area contributed by atoms with Crippen LogP contribution in [0.5, 0.6) is 0 Å². The average molecular weight is 286 g/mol. The zero-order chi connectivity index (χ0) is 14.0. The first kappa shape index (κ1) is 14.5. The van der Waals surface area contributed by atoms with Gasteiger partial charge in [0.05, 0.1) is 12.7 Å². The van der Waals surface area contributed by atoms with E-state index in [1.165, 1.54) is 16.3 Å². The minimum Gasteiger partial charge on any atom is -0.394 e. The number of rotatable bonds is 4. The highest BCUT2D eigenvalue weighted by Crippen LogP contribution is 2.28. The van der Waals surface area contributed by atoms with Crippen molar-refractivity contribution in [3.63, 3.8) is 0 Å². The number of aliphatic hydroxyl groups is 2. The van der Waals surface area contributed by atoms with E-state index in [4.69, 9.17) is 9.84 Å². The van der Waals surface area contributed by atoms with Crippen molar-refractivity contribution < 1.29 is 14.9 Å². The molecule has 0 saturated carbocycles. The number of hydrogen-bond acceptors (Lipinski definition) is 6. The molecule has 0 bridgehead atoms. The molecule has 0 aromatic carbocycles. The average Bonchev–Trinajstić information content (AvgIpc) is 2.75. The van der Waals surface area contributed by atoms with E-state index in [0.29, 0.717) is 0 Å². The van der Waals surface area contributed by atoms with Crippen LogP contribution in [0.2, 0.25) is 0 Å². The molecule has 7 heteroatoms. The van der Waals surface area contributed by atoms with Crippen LogP contribution in [0.1, 0.15) is 25.1 Å². The maximum absolute atomic E-state index is 12.0. The van der Waals surface area contributed by atoms with E-state index in [0.717, 1.165) is 16.3 Å². The fraction of sp³-hybridized carbons (Fsp3) is 0.667. The lowest BCUT2D eigenvalue weighted by Gasteiger charge is -2.15. The zero-order valence-electron chi connectivity index (χ0n) is 10.9. The van der Waals surface area contributed by atoms with Crippen LogP contribution >= 0.6 is 11.8 Å². The number of aryl methyl sites for hydroxylation is 1. The predicted molar refractivity (Wildman–Crippen MR) is 71.3 cm³/mol. The Morgan fingerprint density at radius 3 is 2.95 bits per heavy atom. The summed E-state index contributed by atoms with van der Waals surface area (Å²) >= 11 is 1.52. The second kappa shape index (κ2) is 6.04. The molecule has 106 valence electrons. The highest BCUT2D eigenvalue weighted by Gasteiger charge is 2.35. The third kappa shape index (κ3) is 3.00. The Morgan fingerprint density at radius 2 is 2.37 bits per heavy atom. The number of aliphatic hydroxyl groups excluding tert-OH is 2. The van der Waals surface area contributed by atoms with Crippen LogP contribution in [0.25, 0.3) is 0 Å². The van der Waals surface area contributed by atoms with Gasteiger partial charge in [0.2, 0.25) is 0 Å². The molecule has 1 aliphatic rings. The molecule has 1 aromatic heterocycles. The summed E-state index contributed by atoms with van der Waals surface area (Å²) in [5.41, 5.74) is 0.509. The van der Waals surface area contributed by atoms with Gasteiger partial charge in [0.25, 0.3) is 0 Å². The van der Waals surface area contributed by atoms with E-state index in [-0.39, 0.29) is 13.0 Å². The minimum absolute atomic E-state index is 0.261. The lowest BCUT2D eigenvalue weighted by atomic mass is 10.2. The summed E-state index contributed by atoms with van der Waals surface area (Å²) < 4.78 is 6.84. The van der Waals surface area contributed by atoms with Crippen LogP contribution in [0.4, 0.5) is 0 Å². The van der Waals surface area contributed by atoms with Gasteiger partial charge in [-0.15, -0.1) is 11.8 Å². The Kier molecular flexibility index (Phi) is 4.62. The summed E-state index contributed by atoms with van der Waals surface area (Å²) in [6.45, 7) is 3.62. The molecular formula is C12H18N2O4S. The normalized spacial score (nSPS) is 26.8. The summed E-state index contributed by atoms with van der Waals surface area (Å²) in [4.78, 5) is 16.0. The van der Waals surface area contributed by atoms with Crippen molar-refractivity contribution in [2.24, 2.45) is 0 Å². The van der Waals surface area contributed by atoms with Crippen molar-refractivity contribution in [3.05, 3.63) is 22.2 Å². The molecule has 3 atom stereocenters. The maximum Gasteiger partial charge on any atom is 0.350 e. The first-order valence-electron chi connectivity index (χ1n) is 6.23. The van der Waals surface area contributed by atoms with Gasteiger partial charge in [0.1, 0.15) is 17.4 Å². The van der Waals surface area contributed by atoms with E-state index in [1.54, 1.807) is 6.20 Å². The summed E-state index contributed by atoms with van der Waals surface area (Å²) in [5, 5.41) is 19.5. The van der Waals surface area contributed by atoms with Gasteiger partial charge < -0.3 is 14.9 Å². The van der Waals surface area contributed by atoms with Gasteiger partial charge in [-0.3, -0.25) is 4.57 Å². The Bertz CT molecular complexity index is 505. The highest BCUT2D eigenvalue weighted by atomic mass is 32.2. The molecule has 0 radical (unpaired) electrons. The van der Waals surface area contributed by atoms with Crippen LogP contribution in [-0.2, 0) is 4.74 Å². The quantitative estimate of drug-likeness (QED) is 0.612. The van der Waals surface area contributed by atoms with E-state index in [2.05, 4.69) is 4.98 Å². The second-order valence-corrected chi connectivity index (χ2v) is 5.72. The van der Waals surface area contributed by atoms with Crippen LogP contribution in [0.15, 0.2) is 16.0 Å². The number of ether oxygens (including phenoxy) is 1. The monoisotopic (exact) mass is 286 g/mol. The van der Waals surface area contributed by atoms with E-state index in [1.807, 2.05) is 13.8 Å². The van der Waals surface area contributed by atoms with Crippen molar-refractivity contribution in [2.75, 3.05) is 12.4 Å². The van der Waals surface area contributed by atoms with Crippen LogP contribution in [0, 0.1) is 6.92 Å². The Labute approximate surface area is 115 Å². The van der Waals surface area contributed by atoms with Crippen molar-refractivity contribution in [1.29, 1.82) is 0 Å². The largest absolute Gasteiger partial charge is 0.394 e. The summed E-state index contributed by atoms with van der Waals surface area (Å²) in [7, 11) is 0. The lowest BCUT2D eigenvalue weighted by molar-refractivity contribution is -0.0460. The van der Waals surface area contributed by atoms with Gasteiger partial charge in [-0.1, -0.05) is 6.92 Å². The summed E-state index contributed by atoms with van der Waals surface area (Å²) in [5.74, 6) is 0.850. The molecule has 0 aliphatic carbocycles. The maximum atomic E-state index is 12.0. The molecule has 2 rings (SSSR count). The van der Waals surface area contributed by atoms with Crippen molar-refractivity contribution in [1.82, 2.24) is 9.55 Å². The predicted octanol–water partition coefficient (Wildman–Crippen LogP) is 0.304. The van der Waals surface area contributed by atoms with Crippen LogP contribution < -0.4 is 5.69 Å². The second-order valence-electron chi connectivity index (χ2n) is 4.47. The third-order valence-corrected chi connectivity index (χ3v) is 4.04. The van der Waals surface area contributed by atoms with E-state index < -0.39 is 24.1 Å². The molecular weight excluding hydrogens is 268 g/mol. The lowest BCUT2D eigenvalue weighted by Crippen LogP contribution is -2.28. The summed E-state index contributed by atoms with van der Waals surface area (Å²) in [6.07, 6.45) is 0.0251. The number of aromatic nitrogens is 2. The third-order valence-electron chi connectivity index (χ3n) is 3.06. The Balaban J connectivity index is 2.27. The molecule has 0 unspecified atom stereocenters. The molecule has 1 fully saturated rings. The Hall–Kier alpha value is -0.890. The number of thioether (sulfide) groups is 1. The fourth-order valence-electron chi connectivity index (χ4n) is 2.09.